The first-order valence-electron chi connectivity index (χ1n) is 11.2. The molecule has 1 aromatic heterocycles. The van der Waals surface area contributed by atoms with Crippen LogP contribution in [0.3, 0.4) is 0 Å². The lowest BCUT2D eigenvalue weighted by atomic mass is 9.93. The van der Waals surface area contributed by atoms with Gasteiger partial charge < -0.3 is 24.8 Å². The van der Waals surface area contributed by atoms with Crippen LogP contribution < -0.4 is 10.1 Å². The van der Waals surface area contributed by atoms with Gasteiger partial charge in [-0.25, -0.2) is 4.98 Å². The lowest BCUT2D eigenvalue weighted by Crippen LogP contribution is -2.51. The number of rotatable bonds is 8. The smallest absolute Gasteiger partial charge is 0.252 e. The number of anilines is 1. The Bertz CT molecular complexity index is 1170. The highest BCUT2D eigenvalue weighted by Crippen LogP contribution is 2.28. The molecule has 0 saturated carbocycles. The van der Waals surface area contributed by atoms with Crippen LogP contribution >= 0.6 is 15.9 Å². The normalized spacial score (nSPS) is 17.8. The van der Waals surface area contributed by atoms with E-state index in [4.69, 9.17) is 9.47 Å². The summed E-state index contributed by atoms with van der Waals surface area (Å²) in [6.45, 7) is 0.810. The first-order valence-corrected chi connectivity index (χ1v) is 12.0. The lowest BCUT2D eigenvalue weighted by molar-refractivity contribution is -0.154. The third-order valence-electron chi connectivity index (χ3n) is 5.81. The molecule has 8 nitrogen and oxygen atoms in total. The monoisotopic (exact) mass is 539 g/mol. The van der Waals surface area contributed by atoms with E-state index in [-0.39, 0.29) is 43.0 Å². The molecule has 2 unspecified atom stereocenters. The molecule has 0 spiro atoms. The van der Waals surface area contributed by atoms with E-state index in [1.165, 1.54) is 6.07 Å². The van der Waals surface area contributed by atoms with E-state index in [9.17, 15) is 14.7 Å². The number of methoxy groups -OCH3 is 1. The summed E-state index contributed by atoms with van der Waals surface area (Å²) >= 11 is 3.24. The number of piperidine rings is 1. The molecule has 182 valence electrons. The van der Waals surface area contributed by atoms with E-state index in [0.29, 0.717) is 11.1 Å². The molecule has 2 amide bonds. The second kappa shape index (κ2) is 11.3. The van der Waals surface area contributed by atoms with Crippen molar-refractivity contribution in [1.29, 1.82) is 0 Å². The molecule has 2 aromatic carbocycles. The summed E-state index contributed by atoms with van der Waals surface area (Å²) in [5.74, 6) is -0.408. The van der Waals surface area contributed by atoms with Gasteiger partial charge in [-0.15, -0.1) is 0 Å². The van der Waals surface area contributed by atoms with Crippen LogP contribution in [0.1, 0.15) is 17.5 Å². The molecule has 9 heteroatoms. The Morgan fingerprint density at radius 2 is 1.86 bits per heavy atom. The van der Waals surface area contributed by atoms with Crippen LogP contribution in [0, 0.1) is 5.92 Å². The average Bonchev–Trinajstić information content (AvgIpc) is 2.87. The Balaban J connectivity index is 1.52. The zero-order valence-electron chi connectivity index (χ0n) is 19.2. The van der Waals surface area contributed by atoms with E-state index >= 15 is 0 Å². The van der Waals surface area contributed by atoms with Crippen LogP contribution in [0.2, 0.25) is 0 Å². The van der Waals surface area contributed by atoms with Gasteiger partial charge in [-0.1, -0.05) is 42.5 Å². The number of carbonyl (C=O) groups is 2. The molecule has 0 bridgehead atoms. The molecule has 3 aromatic rings. The maximum atomic E-state index is 13.3. The van der Waals surface area contributed by atoms with Gasteiger partial charge in [0.2, 0.25) is 5.91 Å². The molecule has 2 N–H and O–H groups in total. The molecule has 1 aliphatic rings. The highest BCUT2D eigenvalue weighted by molar-refractivity contribution is 9.10. The minimum absolute atomic E-state index is 0.0599. The number of likely N-dealkylation sites (tertiary alicyclic amines) is 1. The van der Waals surface area contributed by atoms with Crippen LogP contribution in [0.25, 0.3) is 0 Å². The summed E-state index contributed by atoms with van der Waals surface area (Å²) in [4.78, 5) is 32.2. The molecule has 2 heterocycles. The number of halogens is 1. The minimum Gasteiger partial charge on any atom is -0.504 e. The van der Waals surface area contributed by atoms with Gasteiger partial charge in [0.15, 0.2) is 11.6 Å². The third kappa shape index (κ3) is 6.37. The second-order valence-corrected chi connectivity index (χ2v) is 9.09. The average molecular weight is 540 g/mol. The Kier molecular flexibility index (Phi) is 7.99. The maximum Gasteiger partial charge on any atom is 0.252 e. The highest BCUT2D eigenvalue weighted by Gasteiger charge is 2.38. The first-order chi connectivity index (χ1) is 16.9. The van der Waals surface area contributed by atoms with Crippen LogP contribution in [0.4, 0.5) is 5.82 Å². The van der Waals surface area contributed by atoms with Crippen molar-refractivity contribution in [3.05, 3.63) is 82.5 Å². The highest BCUT2D eigenvalue weighted by atomic mass is 79.9. The summed E-state index contributed by atoms with van der Waals surface area (Å²) in [5.41, 5.74) is 1.85. The van der Waals surface area contributed by atoms with Gasteiger partial charge in [0, 0.05) is 13.1 Å². The number of hydrogen-bond acceptors (Lipinski definition) is 6. The SMILES string of the molecule is COc1ccc(CN2CC(C(=O)Nc3nc(Br)ccc3O)CC(OCc3ccccc3)C2=O)cc1. The zero-order chi connectivity index (χ0) is 24.8. The predicted molar refractivity (Wildman–Crippen MR) is 134 cm³/mol. The molecule has 35 heavy (non-hydrogen) atoms. The maximum absolute atomic E-state index is 13.3. The van der Waals surface area contributed by atoms with Crippen molar-refractivity contribution < 1.29 is 24.2 Å². The van der Waals surface area contributed by atoms with Crippen LogP contribution in [0.15, 0.2) is 71.3 Å². The number of benzene rings is 2. The molecular formula is C26H26BrN3O5. The molecular weight excluding hydrogens is 514 g/mol. The van der Waals surface area contributed by atoms with E-state index in [1.54, 1.807) is 18.1 Å². The number of aromatic nitrogens is 1. The summed E-state index contributed by atoms with van der Waals surface area (Å²) in [6.07, 6.45) is -0.548. The van der Waals surface area contributed by atoms with Gasteiger partial charge >= 0.3 is 0 Å². The Morgan fingerprint density at radius 3 is 2.57 bits per heavy atom. The fourth-order valence-electron chi connectivity index (χ4n) is 3.93. The zero-order valence-corrected chi connectivity index (χ0v) is 20.8. The standard InChI is InChI=1S/C26H26BrN3O5/c1-34-20-9-7-17(8-10-20)14-30-15-19(25(32)29-24-21(31)11-12-23(27)28-24)13-22(26(30)33)35-16-18-5-3-2-4-6-18/h2-12,19,22,31H,13-16H2,1H3,(H,28,29,32). The van der Waals surface area contributed by atoms with Crippen LogP contribution in [-0.2, 0) is 27.5 Å². The number of carbonyl (C=O) groups excluding carboxylic acids is 2. The van der Waals surface area contributed by atoms with Crippen molar-refractivity contribution in [3.8, 4) is 11.5 Å². The first kappa shape index (κ1) is 24.7. The van der Waals surface area contributed by atoms with E-state index in [2.05, 4.69) is 26.2 Å². The van der Waals surface area contributed by atoms with E-state index < -0.39 is 12.0 Å². The van der Waals surface area contributed by atoms with Gasteiger partial charge in [0.25, 0.3) is 5.91 Å². The van der Waals surface area contributed by atoms with Gasteiger partial charge in [0.05, 0.1) is 19.6 Å². The number of aromatic hydroxyl groups is 1. The summed E-state index contributed by atoms with van der Waals surface area (Å²) < 4.78 is 11.7. The van der Waals surface area contributed by atoms with Crippen molar-refractivity contribution >= 4 is 33.6 Å². The van der Waals surface area contributed by atoms with E-state index in [1.807, 2.05) is 54.6 Å². The lowest BCUT2D eigenvalue weighted by Gasteiger charge is -2.36. The molecule has 1 aliphatic heterocycles. The van der Waals surface area contributed by atoms with Gasteiger partial charge in [0.1, 0.15) is 16.5 Å². The minimum atomic E-state index is -0.776. The predicted octanol–water partition coefficient (Wildman–Crippen LogP) is 4.13. The Morgan fingerprint density at radius 1 is 1.11 bits per heavy atom. The number of ether oxygens (including phenoxy) is 2. The number of amides is 2. The van der Waals surface area contributed by atoms with Gasteiger partial charge in [-0.2, -0.15) is 0 Å². The van der Waals surface area contributed by atoms with E-state index in [0.717, 1.165) is 16.9 Å². The molecule has 0 aliphatic carbocycles. The molecule has 0 radical (unpaired) electrons. The molecule has 1 saturated heterocycles. The van der Waals surface area contributed by atoms with Crippen molar-refractivity contribution in [3.63, 3.8) is 0 Å². The fourth-order valence-corrected chi connectivity index (χ4v) is 4.24. The van der Waals surface area contributed by atoms with Gasteiger partial charge in [-0.3, -0.25) is 9.59 Å². The summed E-state index contributed by atoms with van der Waals surface area (Å²) in [5, 5.41) is 12.8. The number of nitrogens with zero attached hydrogens (tertiary/aromatic N) is 2. The number of pyridine rings is 1. The third-order valence-corrected chi connectivity index (χ3v) is 6.25. The second-order valence-electron chi connectivity index (χ2n) is 8.28. The van der Waals surface area contributed by atoms with Crippen molar-refractivity contribution in [2.45, 2.75) is 25.7 Å². The van der Waals surface area contributed by atoms with Crippen molar-refractivity contribution in [1.82, 2.24) is 9.88 Å². The Labute approximate surface area is 212 Å². The summed E-state index contributed by atoms with van der Waals surface area (Å²) in [6, 6.07) is 20.0. The fraction of sp³-hybridized carbons (Fsp3) is 0.269. The number of nitrogens with one attached hydrogen (secondary N) is 1. The molecule has 1 fully saturated rings. The van der Waals surface area contributed by atoms with Crippen LogP contribution in [0.5, 0.6) is 11.5 Å². The number of hydrogen-bond donors (Lipinski definition) is 2. The van der Waals surface area contributed by atoms with Gasteiger partial charge in [-0.05, 0) is 57.7 Å². The van der Waals surface area contributed by atoms with Crippen molar-refractivity contribution in [2.24, 2.45) is 5.92 Å². The topological polar surface area (TPSA) is 101 Å². The van der Waals surface area contributed by atoms with Crippen LogP contribution in [-0.4, -0.2) is 46.6 Å². The van der Waals surface area contributed by atoms with Crippen molar-refractivity contribution in [2.75, 3.05) is 19.0 Å². The molecule has 2 atom stereocenters. The Hall–Kier alpha value is -3.43. The largest absolute Gasteiger partial charge is 0.504 e. The molecule has 4 rings (SSSR count). The summed E-state index contributed by atoms with van der Waals surface area (Å²) in [7, 11) is 1.60. The quantitative estimate of drug-likeness (QED) is 0.417.